The van der Waals surface area contributed by atoms with Gasteiger partial charge in [-0.1, -0.05) is 6.92 Å². The second-order valence-electron chi connectivity index (χ2n) is 4.76. The number of nitrogens with one attached hydrogen (secondary N) is 1. The van der Waals surface area contributed by atoms with E-state index in [1.807, 2.05) is 13.1 Å². The molecule has 0 aromatic heterocycles. The van der Waals surface area contributed by atoms with Gasteiger partial charge in [0.15, 0.2) is 0 Å². The lowest BCUT2D eigenvalue weighted by molar-refractivity contribution is -0.384. The van der Waals surface area contributed by atoms with Crippen LogP contribution in [0.5, 0.6) is 0 Å². The molecule has 1 aliphatic carbocycles. The Kier molecular flexibility index (Phi) is 3.69. The number of nitro groups is 1. The monoisotopic (exact) mass is 249 g/mol. The molecular weight excluding hydrogens is 230 g/mol. The summed E-state index contributed by atoms with van der Waals surface area (Å²) in [5.74, 6) is 0. The SMILES string of the molecule is CCCNc1cc(N(C)C2CC2)cc([N+](=O)[O-])c1. The van der Waals surface area contributed by atoms with Crippen molar-refractivity contribution < 1.29 is 4.92 Å². The molecule has 1 aliphatic rings. The molecule has 1 N–H and O–H groups in total. The van der Waals surface area contributed by atoms with Gasteiger partial charge in [0.05, 0.1) is 4.92 Å². The molecule has 0 heterocycles. The standard InChI is InChI=1S/C13H19N3O2/c1-3-6-14-10-7-12(15(2)11-4-5-11)9-13(8-10)16(17)18/h7-9,11,14H,3-6H2,1-2H3. The minimum Gasteiger partial charge on any atom is -0.385 e. The number of non-ortho nitro benzene ring substituents is 1. The summed E-state index contributed by atoms with van der Waals surface area (Å²) in [5.41, 5.74) is 1.90. The molecule has 1 saturated carbocycles. The van der Waals surface area contributed by atoms with E-state index in [9.17, 15) is 10.1 Å². The maximum atomic E-state index is 10.9. The van der Waals surface area contributed by atoms with Gasteiger partial charge in [0.25, 0.3) is 5.69 Å². The van der Waals surface area contributed by atoms with E-state index in [2.05, 4.69) is 17.1 Å². The summed E-state index contributed by atoms with van der Waals surface area (Å²) in [7, 11) is 2.00. The molecule has 0 unspecified atom stereocenters. The molecule has 1 fully saturated rings. The van der Waals surface area contributed by atoms with Crippen LogP contribution in [0.3, 0.4) is 0 Å². The quantitative estimate of drug-likeness (QED) is 0.622. The summed E-state index contributed by atoms with van der Waals surface area (Å²) >= 11 is 0. The van der Waals surface area contributed by atoms with E-state index < -0.39 is 0 Å². The van der Waals surface area contributed by atoms with Gasteiger partial charge in [-0.15, -0.1) is 0 Å². The first-order valence-corrected chi connectivity index (χ1v) is 6.38. The highest BCUT2D eigenvalue weighted by atomic mass is 16.6. The topological polar surface area (TPSA) is 58.4 Å². The molecular formula is C13H19N3O2. The van der Waals surface area contributed by atoms with Crippen LogP contribution in [0.2, 0.25) is 0 Å². The Morgan fingerprint density at radius 2 is 2.17 bits per heavy atom. The van der Waals surface area contributed by atoms with Crippen molar-refractivity contribution in [2.45, 2.75) is 32.2 Å². The number of nitrogens with zero attached hydrogens (tertiary/aromatic N) is 2. The van der Waals surface area contributed by atoms with Gasteiger partial charge in [-0.3, -0.25) is 10.1 Å². The lowest BCUT2D eigenvalue weighted by Gasteiger charge is -2.19. The average Bonchev–Trinajstić information content (AvgIpc) is 3.19. The zero-order chi connectivity index (χ0) is 13.1. The zero-order valence-corrected chi connectivity index (χ0v) is 10.8. The predicted octanol–water partition coefficient (Wildman–Crippen LogP) is 3.02. The third-order valence-electron chi connectivity index (χ3n) is 3.19. The van der Waals surface area contributed by atoms with Crippen LogP contribution in [0.1, 0.15) is 26.2 Å². The van der Waals surface area contributed by atoms with Gasteiger partial charge < -0.3 is 10.2 Å². The Morgan fingerprint density at radius 3 is 2.72 bits per heavy atom. The van der Waals surface area contributed by atoms with Crippen LogP contribution in [-0.4, -0.2) is 24.6 Å². The van der Waals surface area contributed by atoms with Crippen LogP contribution in [-0.2, 0) is 0 Å². The van der Waals surface area contributed by atoms with E-state index >= 15 is 0 Å². The van der Waals surface area contributed by atoms with Gasteiger partial charge in [-0.2, -0.15) is 0 Å². The van der Waals surface area contributed by atoms with E-state index in [0.29, 0.717) is 6.04 Å². The minimum absolute atomic E-state index is 0.151. The molecule has 0 radical (unpaired) electrons. The summed E-state index contributed by atoms with van der Waals surface area (Å²) in [5, 5.41) is 14.2. The Bertz CT molecular complexity index is 444. The van der Waals surface area contributed by atoms with Gasteiger partial charge >= 0.3 is 0 Å². The van der Waals surface area contributed by atoms with Gasteiger partial charge in [0, 0.05) is 43.1 Å². The fourth-order valence-corrected chi connectivity index (χ4v) is 1.95. The van der Waals surface area contributed by atoms with E-state index in [-0.39, 0.29) is 10.6 Å². The number of hydrogen-bond acceptors (Lipinski definition) is 4. The number of nitro benzene ring substituents is 1. The Labute approximate surface area is 107 Å². The molecule has 0 bridgehead atoms. The van der Waals surface area contributed by atoms with E-state index in [0.717, 1.165) is 24.3 Å². The number of rotatable bonds is 6. The molecule has 0 aliphatic heterocycles. The molecule has 5 nitrogen and oxygen atoms in total. The maximum absolute atomic E-state index is 10.9. The Hall–Kier alpha value is -1.78. The summed E-state index contributed by atoms with van der Waals surface area (Å²) < 4.78 is 0. The highest BCUT2D eigenvalue weighted by Crippen LogP contribution is 2.33. The van der Waals surface area contributed by atoms with E-state index in [1.54, 1.807) is 12.1 Å². The van der Waals surface area contributed by atoms with Crippen LogP contribution >= 0.6 is 0 Å². The number of benzene rings is 1. The van der Waals surface area contributed by atoms with Crippen molar-refractivity contribution in [3.05, 3.63) is 28.3 Å². The molecule has 0 amide bonds. The van der Waals surface area contributed by atoms with E-state index in [4.69, 9.17) is 0 Å². The lowest BCUT2D eigenvalue weighted by atomic mass is 10.2. The van der Waals surface area contributed by atoms with Crippen molar-refractivity contribution >= 4 is 17.1 Å². The smallest absolute Gasteiger partial charge is 0.273 e. The van der Waals surface area contributed by atoms with Gasteiger partial charge in [0.2, 0.25) is 0 Å². The van der Waals surface area contributed by atoms with E-state index in [1.165, 1.54) is 12.8 Å². The molecule has 0 atom stereocenters. The largest absolute Gasteiger partial charge is 0.385 e. The Balaban J connectivity index is 2.26. The first-order chi connectivity index (χ1) is 8.61. The van der Waals surface area contributed by atoms with Gasteiger partial charge in [0.1, 0.15) is 0 Å². The van der Waals surface area contributed by atoms with Crippen molar-refractivity contribution in [2.75, 3.05) is 23.8 Å². The fourth-order valence-electron chi connectivity index (χ4n) is 1.95. The molecule has 5 heteroatoms. The zero-order valence-electron chi connectivity index (χ0n) is 10.8. The third kappa shape index (κ3) is 2.91. The van der Waals surface area contributed by atoms with Crippen molar-refractivity contribution in [2.24, 2.45) is 0 Å². The van der Waals surface area contributed by atoms with Crippen LogP contribution in [0.15, 0.2) is 18.2 Å². The highest BCUT2D eigenvalue weighted by Gasteiger charge is 2.27. The highest BCUT2D eigenvalue weighted by molar-refractivity contribution is 5.65. The van der Waals surface area contributed by atoms with Crippen molar-refractivity contribution in [3.8, 4) is 0 Å². The summed E-state index contributed by atoms with van der Waals surface area (Å²) in [6, 6.07) is 5.78. The van der Waals surface area contributed by atoms with Crippen molar-refractivity contribution in [1.29, 1.82) is 0 Å². The molecule has 2 rings (SSSR count). The minimum atomic E-state index is -0.332. The number of anilines is 2. The van der Waals surface area contributed by atoms with Crippen LogP contribution in [0.4, 0.5) is 17.1 Å². The van der Waals surface area contributed by atoms with Crippen molar-refractivity contribution in [3.63, 3.8) is 0 Å². The normalized spacial score (nSPS) is 14.3. The summed E-state index contributed by atoms with van der Waals surface area (Å²) in [6.45, 7) is 2.90. The summed E-state index contributed by atoms with van der Waals surface area (Å²) in [4.78, 5) is 12.7. The second-order valence-corrected chi connectivity index (χ2v) is 4.76. The van der Waals surface area contributed by atoms with Crippen LogP contribution in [0, 0.1) is 10.1 Å². The molecule has 18 heavy (non-hydrogen) atoms. The van der Waals surface area contributed by atoms with Gasteiger partial charge in [-0.25, -0.2) is 0 Å². The molecule has 1 aromatic rings. The predicted molar refractivity (Wildman–Crippen MR) is 73.3 cm³/mol. The summed E-state index contributed by atoms with van der Waals surface area (Å²) in [6.07, 6.45) is 3.35. The van der Waals surface area contributed by atoms with Crippen molar-refractivity contribution in [1.82, 2.24) is 0 Å². The first-order valence-electron chi connectivity index (χ1n) is 6.38. The van der Waals surface area contributed by atoms with Gasteiger partial charge in [-0.05, 0) is 25.3 Å². The average molecular weight is 249 g/mol. The Morgan fingerprint density at radius 1 is 1.44 bits per heavy atom. The number of hydrogen-bond donors (Lipinski definition) is 1. The maximum Gasteiger partial charge on any atom is 0.273 e. The lowest BCUT2D eigenvalue weighted by Crippen LogP contribution is -2.19. The molecule has 98 valence electrons. The second kappa shape index (κ2) is 5.25. The molecule has 1 aromatic carbocycles. The van der Waals surface area contributed by atoms with Crippen LogP contribution in [0.25, 0.3) is 0 Å². The third-order valence-corrected chi connectivity index (χ3v) is 3.19. The van der Waals surface area contributed by atoms with Crippen LogP contribution < -0.4 is 10.2 Å². The first kappa shape index (κ1) is 12.7. The molecule has 0 spiro atoms. The molecule has 0 saturated heterocycles. The fraction of sp³-hybridized carbons (Fsp3) is 0.538.